The topological polar surface area (TPSA) is 36.5 Å². The lowest BCUT2D eigenvalue weighted by Crippen LogP contribution is -2.41. The predicted molar refractivity (Wildman–Crippen MR) is 202 cm³/mol. The fourth-order valence-corrected chi connectivity index (χ4v) is 8.59. The van der Waals surface area contributed by atoms with Crippen molar-refractivity contribution >= 4 is 87.8 Å². The van der Waals surface area contributed by atoms with E-state index >= 15 is 0 Å². The van der Waals surface area contributed by atoms with Gasteiger partial charge in [-0.05, 0) is 105 Å². The first-order valence-electron chi connectivity index (χ1n) is 16.5. The Morgan fingerprint density at radius 1 is 0.542 bits per heavy atom. The third-order valence-corrected chi connectivity index (χ3v) is 11.8. The Morgan fingerprint density at radius 3 is 2.06 bits per heavy atom. The van der Waals surface area contributed by atoms with Gasteiger partial charge < -0.3 is 18.3 Å². The van der Waals surface area contributed by atoms with Crippen molar-refractivity contribution in [2.24, 2.45) is 0 Å². The van der Waals surface area contributed by atoms with E-state index in [0.29, 0.717) is 0 Å². The van der Waals surface area contributed by atoms with Gasteiger partial charge >= 0.3 is 7.12 Å². The Kier molecular flexibility index (Phi) is 5.77. The van der Waals surface area contributed by atoms with Gasteiger partial charge in [-0.25, -0.2) is 0 Å². The number of furan rings is 1. The molecular formula is C42H32BNO3S. The van der Waals surface area contributed by atoms with Crippen LogP contribution < -0.4 is 5.46 Å². The molecule has 9 aromatic rings. The smallest absolute Gasteiger partial charge is 0.456 e. The summed E-state index contributed by atoms with van der Waals surface area (Å²) in [5.41, 5.74) is 7.69. The van der Waals surface area contributed by atoms with Crippen LogP contribution in [0.4, 0.5) is 0 Å². The number of benzene rings is 6. The molecule has 0 aliphatic carbocycles. The molecule has 6 heteroatoms. The highest BCUT2D eigenvalue weighted by Crippen LogP contribution is 2.43. The molecule has 10 rings (SSSR count). The van der Waals surface area contributed by atoms with Gasteiger partial charge in [-0.15, -0.1) is 11.3 Å². The molecule has 0 saturated carbocycles. The molecular weight excluding hydrogens is 609 g/mol. The molecule has 0 spiro atoms. The van der Waals surface area contributed by atoms with Gasteiger partial charge in [-0.1, -0.05) is 60.7 Å². The minimum Gasteiger partial charge on any atom is -0.456 e. The van der Waals surface area contributed by atoms with Crippen LogP contribution in [0.25, 0.3) is 80.7 Å². The second-order valence-corrected chi connectivity index (χ2v) is 15.1. The predicted octanol–water partition coefficient (Wildman–Crippen LogP) is 11.0. The largest absolute Gasteiger partial charge is 0.495 e. The molecule has 1 aliphatic rings. The van der Waals surface area contributed by atoms with E-state index in [1.165, 1.54) is 42.0 Å². The van der Waals surface area contributed by atoms with Crippen LogP contribution in [0.3, 0.4) is 0 Å². The second-order valence-electron chi connectivity index (χ2n) is 14.0. The van der Waals surface area contributed by atoms with Crippen LogP contribution >= 0.6 is 11.3 Å². The van der Waals surface area contributed by atoms with Gasteiger partial charge in [0, 0.05) is 47.4 Å². The molecule has 48 heavy (non-hydrogen) atoms. The molecule has 0 radical (unpaired) electrons. The zero-order valence-corrected chi connectivity index (χ0v) is 28.0. The fraction of sp³-hybridized carbons (Fsp3) is 0.143. The summed E-state index contributed by atoms with van der Waals surface area (Å²) in [6.45, 7) is 8.37. The summed E-state index contributed by atoms with van der Waals surface area (Å²) in [6.07, 6.45) is 0. The highest BCUT2D eigenvalue weighted by atomic mass is 32.1. The van der Waals surface area contributed by atoms with E-state index in [1.54, 1.807) is 0 Å². The molecule has 1 saturated heterocycles. The number of para-hydroxylation sites is 1. The number of aromatic nitrogens is 1. The van der Waals surface area contributed by atoms with Crippen LogP contribution in [0.2, 0.25) is 0 Å². The molecule has 232 valence electrons. The Hall–Kier alpha value is -4.88. The average Bonchev–Trinajstić information content (AvgIpc) is 3.80. The molecule has 0 bridgehead atoms. The molecule has 0 N–H and O–H groups in total. The summed E-state index contributed by atoms with van der Waals surface area (Å²) in [5.74, 6) is 0. The normalized spacial score (nSPS) is 16.0. The summed E-state index contributed by atoms with van der Waals surface area (Å²) < 4.78 is 24.4. The van der Waals surface area contributed by atoms with Gasteiger partial charge in [-0.3, -0.25) is 0 Å². The lowest BCUT2D eigenvalue weighted by molar-refractivity contribution is 0.00578. The van der Waals surface area contributed by atoms with E-state index in [9.17, 15) is 0 Å². The van der Waals surface area contributed by atoms with Crippen molar-refractivity contribution in [3.05, 3.63) is 121 Å². The van der Waals surface area contributed by atoms with E-state index in [4.69, 9.17) is 13.7 Å². The minimum absolute atomic E-state index is 0.431. The van der Waals surface area contributed by atoms with Crippen LogP contribution in [0.1, 0.15) is 27.7 Å². The highest BCUT2D eigenvalue weighted by Gasteiger charge is 2.52. The van der Waals surface area contributed by atoms with Gasteiger partial charge in [0.2, 0.25) is 0 Å². The fourth-order valence-electron chi connectivity index (χ4n) is 7.47. The first-order chi connectivity index (χ1) is 23.3. The van der Waals surface area contributed by atoms with E-state index in [0.717, 1.165) is 44.2 Å². The average molecular weight is 642 g/mol. The van der Waals surface area contributed by atoms with Gasteiger partial charge in [-0.2, -0.15) is 0 Å². The number of rotatable bonds is 3. The third-order valence-electron chi connectivity index (χ3n) is 10.6. The van der Waals surface area contributed by atoms with Crippen LogP contribution in [0.15, 0.2) is 126 Å². The van der Waals surface area contributed by atoms with Gasteiger partial charge in [0.15, 0.2) is 0 Å². The highest BCUT2D eigenvalue weighted by molar-refractivity contribution is 7.25. The van der Waals surface area contributed by atoms with E-state index < -0.39 is 18.3 Å². The molecule has 0 atom stereocenters. The minimum atomic E-state index is -0.478. The zero-order chi connectivity index (χ0) is 32.4. The molecule has 0 amide bonds. The van der Waals surface area contributed by atoms with Crippen molar-refractivity contribution in [3.8, 4) is 16.8 Å². The molecule has 4 heterocycles. The van der Waals surface area contributed by atoms with Crippen LogP contribution in [-0.4, -0.2) is 22.9 Å². The first-order valence-corrected chi connectivity index (χ1v) is 17.3. The molecule has 0 unspecified atom stereocenters. The van der Waals surface area contributed by atoms with Gasteiger partial charge in [0.05, 0.1) is 22.2 Å². The Labute approximate surface area is 282 Å². The molecule has 6 aromatic carbocycles. The quantitative estimate of drug-likeness (QED) is 0.180. The number of hydrogen-bond acceptors (Lipinski definition) is 4. The number of fused-ring (bicyclic) bond motifs is 9. The maximum atomic E-state index is 6.51. The number of thiophene rings is 1. The zero-order valence-electron chi connectivity index (χ0n) is 27.2. The second kappa shape index (κ2) is 9.83. The van der Waals surface area contributed by atoms with Crippen molar-refractivity contribution in [2.45, 2.75) is 38.9 Å². The third kappa shape index (κ3) is 3.97. The molecule has 4 nitrogen and oxygen atoms in total. The Balaban J connectivity index is 1.19. The van der Waals surface area contributed by atoms with E-state index in [1.807, 2.05) is 23.5 Å². The lowest BCUT2D eigenvalue weighted by atomic mass is 9.76. The van der Waals surface area contributed by atoms with Crippen LogP contribution in [0, 0.1) is 0 Å². The molecule has 3 aromatic heterocycles. The Morgan fingerprint density at radius 2 is 1.25 bits per heavy atom. The number of nitrogens with zero attached hydrogens (tertiary/aromatic N) is 1. The van der Waals surface area contributed by atoms with Crippen molar-refractivity contribution in [1.29, 1.82) is 0 Å². The van der Waals surface area contributed by atoms with Crippen LogP contribution in [0.5, 0.6) is 0 Å². The first kappa shape index (κ1) is 28.2. The maximum Gasteiger partial charge on any atom is 0.495 e. The van der Waals surface area contributed by atoms with E-state index in [-0.39, 0.29) is 0 Å². The van der Waals surface area contributed by atoms with Gasteiger partial charge in [0.1, 0.15) is 11.2 Å². The number of hydrogen-bond donors (Lipinski definition) is 0. The Bertz CT molecular complexity index is 2740. The standard InChI is InChI=1S/C42H32BNO3S/c1-41(2)42(3,4)47-43(46-41)33-14-10-15-37-40(33)32-22-26(18-20-36(32)45-37)25-17-19-34-29(21-25)30-23-31-28-13-8-9-16-38(28)48-39(31)24-35(30)44(34)27-11-6-5-7-12-27/h5-24H,1-4H3. The molecule has 1 fully saturated rings. The van der Waals surface area contributed by atoms with Crippen molar-refractivity contribution in [3.63, 3.8) is 0 Å². The summed E-state index contributed by atoms with van der Waals surface area (Å²) in [7, 11) is -0.478. The van der Waals surface area contributed by atoms with Crippen molar-refractivity contribution < 1.29 is 13.7 Å². The summed E-state index contributed by atoms with van der Waals surface area (Å²) in [4.78, 5) is 0. The van der Waals surface area contributed by atoms with Crippen molar-refractivity contribution in [1.82, 2.24) is 4.57 Å². The van der Waals surface area contributed by atoms with E-state index in [2.05, 4.69) is 141 Å². The van der Waals surface area contributed by atoms with Crippen LogP contribution in [-0.2, 0) is 9.31 Å². The summed E-state index contributed by atoms with van der Waals surface area (Å²) in [5, 5.41) is 7.21. The monoisotopic (exact) mass is 641 g/mol. The summed E-state index contributed by atoms with van der Waals surface area (Å²) >= 11 is 1.86. The SMILES string of the molecule is CC1(C)OB(c2cccc3oc4ccc(-c5ccc6c(c5)c5cc7c(cc5n6-c5ccccc5)sc5ccccc57)cc4c23)OC1(C)C. The van der Waals surface area contributed by atoms with Crippen molar-refractivity contribution in [2.75, 3.05) is 0 Å². The maximum absolute atomic E-state index is 6.51. The van der Waals surface area contributed by atoms with Gasteiger partial charge in [0.25, 0.3) is 0 Å². The molecule has 1 aliphatic heterocycles. The lowest BCUT2D eigenvalue weighted by Gasteiger charge is -2.32. The summed E-state index contributed by atoms with van der Waals surface area (Å²) in [6, 6.07) is 43.8.